The quantitative estimate of drug-likeness (QED) is 0.168. The molecule has 0 saturated heterocycles. The summed E-state index contributed by atoms with van der Waals surface area (Å²) in [4.78, 5) is 12.4. The number of hydrazone groups is 1. The van der Waals surface area contributed by atoms with Gasteiger partial charge in [0.1, 0.15) is 17.9 Å². The molecule has 0 spiro atoms. The second kappa shape index (κ2) is 9.83. The molecule has 0 radical (unpaired) electrons. The maximum absolute atomic E-state index is 12.4. The molecule has 1 amide bonds. The zero-order valence-corrected chi connectivity index (χ0v) is 21.0. The van der Waals surface area contributed by atoms with Crippen molar-refractivity contribution in [3.63, 3.8) is 0 Å². The van der Waals surface area contributed by atoms with Crippen LogP contribution in [0.4, 0.5) is 0 Å². The number of halogens is 2. The Kier molecular flexibility index (Phi) is 6.47. The molecule has 0 atom stereocenters. The highest BCUT2D eigenvalue weighted by molar-refractivity contribution is 9.11. The summed E-state index contributed by atoms with van der Waals surface area (Å²) in [6.45, 7) is 0.481. The molecule has 1 aromatic heterocycles. The fourth-order valence-corrected chi connectivity index (χ4v) is 4.98. The van der Waals surface area contributed by atoms with Crippen molar-refractivity contribution in [3.05, 3.63) is 111 Å². The van der Waals surface area contributed by atoms with Crippen LogP contribution in [0.25, 0.3) is 21.7 Å². The molecule has 168 valence electrons. The van der Waals surface area contributed by atoms with Gasteiger partial charge in [0.05, 0.1) is 10.7 Å². The summed E-state index contributed by atoms with van der Waals surface area (Å²) in [6.07, 6.45) is 1.57. The Morgan fingerprint density at radius 2 is 1.74 bits per heavy atom. The minimum Gasteiger partial charge on any atom is -0.489 e. The highest BCUT2D eigenvalue weighted by Gasteiger charge is 2.14. The van der Waals surface area contributed by atoms with Crippen molar-refractivity contribution in [3.8, 4) is 5.75 Å². The smallest absolute Gasteiger partial charge is 0.307 e. The summed E-state index contributed by atoms with van der Waals surface area (Å²) >= 11 is 6.87. The lowest BCUT2D eigenvalue weighted by molar-refractivity contribution is 0.0929. The Labute approximate surface area is 212 Å². The van der Waals surface area contributed by atoms with Gasteiger partial charge in [-0.3, -0.25) is 4.79 Å². The van der Waals surface area contributed by atoms with Gasteiger partial charge in [-0.1, -0.05) is 58.4 Å². The van der Waals surface area contributed by atoms with E-state index in [9.17, 15) is 4.79 Å². The maximum atomic E-state index is 12.4. The molecule has 7 heteroatoms. The van der Waals surface area contributed by atoms with Crippen LogP contribution in [0.15, 0.2) is 103 Å². The Balaban J connectivity index is 1.20. The lowest BCUT2D eigenvalue weighted by Gasteiger charge is -2.09. The number of nitrogens with zero attached hydrogens (tertiary/aromatic N) is 1. The SMILES string of the molecule is O=C(N/N=C\c1ccc(OCc2cccc3ccccc23)cc1)c1cc2cc(Br)cc(Br)c2o1. The molecular weight excluding hydrogens is 560 g/mol. The molecule has 5 aromatic rings. The second-order valence-electron chi connectivity index (χ2n) is 7.61. The van der Waals surface area contributed by atoms with Crippen LogP contribution in [0.5, 0.6) is 5.75 Å². The Morgan fingerprint density at radius 1 is 0.941 bits per heavy atom. The Bertz CT molecular complexity index is 1520. The number of carbonyl (C=O) groups excluding carboxylic acids is 1. The standard InChI is InChI=1S/C27H18Br2N2O3/c28-21-12-20-13-25(34-26(20)24(29)14-21)27(32)31-30-15-17-8-10-22(11-9-17)33-16-19-6-3-5-18-4-1-2-7-23(18)19/h1-15H,16H2,(H,31,32)/b30-15-. The molecule has 0 bridgehead atoms. The summed E-state index contributed by atoms with van der Waals surface area (Å²) in [5.74, 6) is 0.516. The van der Waals surface area contributed by atoms with E-state index in [0.29, 0.717) is 12.2 Å². The second-order valence-corrected chi connectivity index (χ2v) is 9.38. The van der Waals surface area contributed by atoms with Crippen molar-refractivity contribution in [2.45, 2.75) is 6.61 Å². The van der Waals surface area contributed by atoms with Gasteiger partial charge in [-0.15, -0.1) is 0 Å². The van der Waals surface area contributed by atoms with E-state index in [4.69, 9.17) is 9.15 Å². The fraction of sp³-hybridized carbons (Fsp3) is 0.0370. The Hall–Kier alpha value is -3.42. The minimum atomic E-state index is -0.425. The zero-order chi connectivity index (χ0) is 23.5. The first-order chi connectivity index (χ1) is 16.6. The lowest BCUT2D eigenvalue weighted by atomic mass is 10.1. The highest BCUT2D eigenvalue weighted by atomic mass is 79.9. The molecule has 1 heterocycles. The average Bonchev–Trinajstić information content (AvgIpc) is 3.28. The first-order valence-corrected chi connectivity index (χ1v) is 12.1. The minimum absolute atomic E-state index is 0.183. The summed E-state index contributed by atoms with van der Waals surface area (Å²) in [5, 5.41) is 7.24. The van der Waals surface area contributed by atoms with E-state index < -0.39 is 5.91 Å². The number of fused-ring (bicyclic) bond motifs is 2. The summed E-state index contributed by atoms with van der Waals surface area (Å²) < 4.78 is 13.3. The van der Waals surface area contributed by atoms with Crippen LogP contribution in [0, 0.1) is 0 Å². The van der Waals surface area contributed by atoms with Gasteiger partial charge < -0.3 is 9.15 Å². The van der Waals surface area contributed by atoms with Gasteiger partial charge in [0, 0.05) is 9.86 Å². The van der Waals surface area contributed by atoms with Crippen LogP contribution >= 0.6 is 31.9 Å². The number of hydrogen-bond donors (Lipinski definition) is 1. The predicted molar refractivity (Wildman–Crippen MR) is 141 cm³/mol. The third kappa shape index (κ3) is 4.90. The summed E-state index contributed by atoms with van der Waals surface area (Å²) in [5.41, 5.74) is 5.07. The van der Waals surface area contributed by atoms with Crippen molar-refractivity contribution in [2.75, 3.05) is 0 Å². The number of amides is 1. The normalized spacial score (nSPS) is 11.4. The van der Waals surface area contributed by atoms with Crippen LogP contribution in [0.3, 0.4) is 0 Å². The monoisotopic (exact) mass is 576 g/mol. The number of ether oxygens (including phenoxy) is 1. The van der Waals surface area contributed by atoms with E-state index >= 15 is 0 Å². The topological polar surface area (TPSA) is 63.8 Å². The van der Waals surface area contributed by atoms with Gasteiger partial charge in [0.25, 0.3) is 0 Å². The summed E-state index contributed by atoms with van der Waals surface area (Å²) in [6, 6.07) is 27.4. The van der Waals surface area contributed by atoms with E-state index in [-0.39, 0.29) is 5.76 Å². The molecule has 5 rings (SSSR count). The number of rotatable bonds is 6. The number of furan rings is 1. The van der Waals surface area contributed by atoms with Crippen molar-refractivity contribution in [2.24, 2.45) is 5.10 Å². The van der Waals surface area contributed by atoms with Gasteiger partial charge in [0.15, 0.2) is 5.76 Å². The lowest BCUT2D eigenvalue weighted by Crippen LogP contribution is -2.16. The van der Waals surface area contributed by atoms with Gasteiger partial charge >= 0.3 is 5.91 Å². The first-order valence-electron chi connectivity index (χ1n) is 10.5. The molecule has 0 saturated carbocycles. The molecule has 0 aliphatic heterocycles. The third-order valence-electron chi connectivity index (χ3n) is 5.29. The first kappa shape index (κ1) is 22.4. The van der Waals surface area contributed by atoms with Gasteiger partial charge in [0.2, 0.25) is 0 Å². The van der Waals surface area contributed by atoms with Gasteiger partial charge in [-0.05, 0) is 80.3 Å². The van der Waals surface area contributed by atoms with Crippen molar-refractivity contribution in [1.29, 1.82) is 0 Å². The van der Waals surface area contributed by atoms with Crippen molar-refractivity contribution < 1.29 is 13.9 Å². The molecule has 0 fully saturated rings. The van der Waals surface area contributed by atoms with Crippen LogP contribution in [0.2, 0.25) is 0 Å². The van der Waals surface area contributed by atoms with E-state index in [1.807, 2.05) is 54.6 Å². The number of hydrogen-bond acceptors (Lipinski definition) is 4. The van der Waals surface area contributed by atoms with E-state index in [1.165, 1.54) is 10.8 Å². The molecule has 0 aliphatic rings. The average molecular weight is 578 g/mol. The highest BCUT2D eigenvalue weighted by Crippen LogP contribution is 2.31. The van der Waals surface area contributed by atoms with Crippen molar-refractivity contribution in [1.82, 2.24) is 5.43 Å². The van der Waals surface area contributed by atoms with Crippen molar-refractivity contribution >= 4 is 65.7 Å². The van der Waals surface area contributed by atoms with Gasteiger partial charge in [-0.2, -0.15) is 5.10 Å². The van der Waals surface area contributed by atoms with Gasteiger partial charge in [-0.25, -0.2) is 5.43 Å². The van der Waals surface area contributed by atoms with E-state index in [1.54, 1.807) is 12.3 Å². The largest absolute Gasteiger partial charge is 0.489 e. The number of carbonyl (C=O) groups is 1. The number of nitrogens with one attached hydrogen (secondary N) is 1. The molecule has 4 aromatic carbocycles. The van der Waals surface area contributed by atoms with E-state index in [2.05, 4.69) is 66.7 Å². The van der Waals surface area contributed by atoms with Crippen LogP contribution in [-0.4, -0.2) is 12.1 Å². The summed E-state index contributed by atoms with van der Waals surface area (Å²) in [7, 11) is 0. The number of benzene rings is 4. The predicted octanol–water partition coefficient (Wildman–Crippen LogP) is 7.45. The molecular formula is C27H18Br2N2O3. The molecule has 0 aliphatic carbocycles. The van der Waals surface area contributed by atoms with E-state index in [0.717, 1.165) is 31.2 Å². The third-order valence-corrected chi connectivity index (χ3v) is 6.34. The Morgan fingerprint density at radius 3 is 2.59 bits per heavy atom. The maximum Gasteiger partial charge on any atom is 0.307 e. The molecule has 34 heavy (non-hydrogen) atoms. The fourth-order valence-electron chi connectivity index (χ4n) is 3.64. The zero-order valence-electron chi connectivity index (χ0n) is 17.8. The van der Waals surface area contributed by atoms with Crippen LogP contribution < -0.4 is 10.2 Å². The molecule has 5 nitrogen and oxygen atoms in total. The molecule has 1 N–H and O–H groups in total. The van der Waals surface area contributed by atoms with Crippen LogP contribution in [0.1, 0.15) is 21.7 Å². The van der Waals surface area contributed by atoms with Crippen LogP contribution in [-0.2, 0) is 6.61 Å². The molecule has 0 unspecified atom stereocenters.